The van der Waals surface area contributed by atoms with Crippen LogP contribution in [0, 0.1) is 30.1 Å². The second-order valence-corrected chi connectivity index (χ2v) is 12.2. The minimum absolute atomic E-state index is 0.0134. The Labute approximate surface area is 213 Å². The van der Waals surface area contributed by atoms with Crippen LogP contribution in [0.3, 0.4) is 0 Å². The Morgan fingerprint density at radius 2 is 1.68 bits per heavy atom. The van der Waals surface area contributed by atoms with E-state index in [1.165, 1.54) is 31.2 Å². The molecule has 190 valence electrons. The first kappa shape index (κ1) is 26.9. The number of rotatable bonds is 6. The van der Waals surface area contributed by atoms with E-state index < -0.39 is 0 Å². The molecule has 8 nitrogen and oxygen atoms in total. The third-order valence-corrected chi connectivity index (χ3v) is 8.48. The van der Waals surface area contributed by atoms with Crippen LogP contribution in [-0.4, -0.2) is 48.4 Å². The lowest BCUT2D eigenvalue weighted by atomic mass is 9.48. The number of carbonyl (C=O) groups is 2. The van der Waals surface area contributed by atoms with E-state index in [-0.39, 0.29) is 22.5 Å². The van der Waals surface area contributed by atoms with Gasteiger partial charge in [0.05, 0.1) is 5.75 Å². The van der Waals surface area contributed by atoms with Crippen LogP contribution in [0.15, 0.2) is 5.16 Å². The molecule has 10 heteroatoms. The SMILES string of the molecule is CC(=O)NN(C(N)=S)C(C)C.Cc1nnc(SCC(=O)C23CC4CC(CC(C4)C2)C3)n1C(C)C. The molecule has 0 unspecified atom stereocenters. The van der Waals surface area contributed by atoms with Crippen molar-refractivity contribution < 1.29 is 9.59 Å². The van der Waals surface area contributed by atoms with Crippen LogP contribution in [0.4, 0.5) is 0 Å². The van der Waals surface area contributed by atoms with Crippen LogP contribution in [0.1, 0.15) is 85.0 Å². The van der Waals surface area contributed by atoms with Gasteiger partial charge in [0.25, 0.3) is 0 Å². The number of amides is 1. The van der Waals surface area contributed by atoms with Crippen LogP contribution < -0.4 is 11.2 Å². The van der Waals surface area contributed by atoms with Crippen molar-refractivity contribution in [2.45, 2.75) is 97.3 Å². The molecule has 4 aliphatic carbocycles. The fourth-order valence-corrected chi connectivity index (χ4v) is 7.79. The maximum atomic E-state index is 13.1. The fraction of sp³-hybridized carbons (Fsp3) is 0.792. The highest BCUT2D eigenvalue weighted by Gasteiger charge is 2.54. The molecule has 1 aromatic heterocycles. The third kappa shape index (κ3) is 6.11. The lowest BCUT2D eigenvalue weighted by molar-refractivity contribution is -0.141. The predicted octanol–water partition coefficient (Wildman–Crippen LogP) is 4.04. The van der Waals surface area contributed by atoms with E-state index in [0.29, 0.717) is 17.6 Å². The number of Topliss-reactive ketones (excluding diaryl/α,β-unsaturated/α-hetero) is 1. The zero-order valence-corrected chi connectivity index (χ0v) is 23.0. The Balaban J connectivity index is 0.000000252. The normalized spacial score (nSPS) is 26.9. The van der Waals surface area contributed by atoms with Crippen LogP contribution >= 0.6 is 24.0 Å². The Morgan fingerprint density at radius 1 is 1.15 bits per heavy atom. The molecule has 0 atom stereocenters. The largest absolute Gasteiger partial charge is 0.375 e. The quantitative estimate of drug-likeness (QED) is 0.337. The number of nitrogens with zero attached hydrogens (tertiary/aromatic N) is 4. The van der Waals surface area contributed by atoms with Crippen molar-refractivity contribution in [3.8, 4) is 0 Å². The van der Waals surface area contributed by atoms with E-state index in [0.717, 1.165) is 48.0 Å². The molecule has 3 N–H and O–H groups in total. The highest BCUT2D eigenvalue weighted by molar-refractivity contribution is 7.99. The fourth-order valence-electron chi connectivity index (χ4n) is 6.39. The summed E-state index contributed by atoms with van der Waals surface area (Å²) in [5.74, 6) is 4.30. The minimum atomic E-state index is -0.175. The smallest absolute Gasteiger partial charge is 0.235 e. The molecule has 4 fully saturated rings. The van der Waals surface area contributed by atoms with Gasteiger partial charge in [0.15, 0.2) is 10.3 Å². The zero-order chi connectivity index (χ0) is 25.2. The number of thiocarbonyl (C=S) groups is 1. The van der Waals surface area contributed by atoms with E-state index in [4.69, 9.17) is 18.0 Å². The topological polar surface area (TPSA) is 106 Å². The molecule has 0 saturated heterocycles. The first-order valence-electron chi connectivity index (χ1n) is 12.3. The van der Waals surface area contributed by atoms with Crippen LogP contribution in [0.5, 0.6) is 0 Å². The standard InChI is InChI=1S/C18H27N3OS.C6H13N3OS/c1-11(2)21-12(3)19-20-17(21)23-10-16(22)18-7-13-4-14(8-18)6-15(5-13)9-18;1-4(2)9(6(7)11)8-5(3)10/h11,13-15H,4-10H2,1-3H3;4H,1-3H3,(H2,7,11)(H,8,10). The summed E-state index contributed by atoms with van der Waals surface area (Å²) in [6, 6.07) is 0.415. The van der Waals surface area contributed by atoms with Gasteiger partial charge in [-0.25, -0.2) is 0 Å². The monoisotopic (exact) mass is 508 g/mol. The maximum Gasteiger partial charge on any atom is 0.235 e. The van der Waals surface area contributed by atoms with E-state index in [9.17, 15) is 9.59 Å². The third-order valence-electron chi connectivity index (χ3n) is 7.35. The van der Waals surface area contributed by atoms with E-state index in [1.807, 2.05) is 20.8 Å². The number of hydrogen-bond acceptors (Lipinski definition) is 6. The van der Waals surface area contributed by atoms with Gasteiger partial charge in [-0.05, 0) is 103 Å². The highest BCUT2D eigenvalue weighted by atomic mass is 32.2. The molecule has 4 aliphatic rings. The molecule has 34 heavy (non-hydrogen) atoms. The second kappa shape index (κ2) is 10.9. The van der Waals surface area contributed by atoms with Gasteiger partial charge < -0.3 is 10.3 Å². The van der Waals surface area contributed by atoms with Gasteiger partial charge in [-0.15, -0.1) is 10.2 Å². The number of nitrogens with two attached hydrogens (primary N) is 1. The van der Waals surface area contributed by atoms with Gasteiger partial charge in [-0.3, -0.25) is 20.0 Å². The molecule has 0 spiro atoms. The second-order valence-electron chi connectivity index (χ2n) is 10.9. The number of aromatic nitrogens is 3. The van der Waals surface area contributed by atoms with Crippen LogP contribution in [0.2, 0.25) is 0 Å². The minimum Gasteiger partial charge on any atom is -0.375 e. The van der Waals surface area contributed by atoms with Crippen molar-refractivity contribution in [2.24, 2.45) is 28.9 Å². The summed E-state index contributed by atoms with van der Waals surface area (Å²) in [6.07, 6.45) is 7.65. The summed E-state index contributed by atoms with van der Waals surface area (Å²) in [4.78, 5) is 23.7. The maximum absolute atomic E-state index is 13.1. The van der Waals surface area contributed by atoms with Gasteiger partial charge in [-0.1, -0.05) is 11.8 Å². The van der Waals surface area contributed by atoms with E-state index in [2.05, 4.69) is 34.0 Å². The first-order chi connectivity index (χ1) is 15.9. The summed E-state index contributed by atoms with van der Waals surface area (Å²) in [6.45, 7) is 11.4. The molecule has 0 aliphatic heterocycles. The number of hydrazine groups is 1. The molecular formula is C24H40N6O2S2. The highest BCUT2D eigenvalue weighted by Crippen LogP contribution is 2.60. The van der Waals surface area contributed by atoms with Crippen LogP contribution in [0.25, 0.3) is 0 Å². The Bertz CT molecular complexity index is 878. The van der Waals surface area contributed by atoms with E-state index >= 15 is 0 Å². The average molecular weight is 509 g/mol. The molecule has 0 radical (unpaired) electrons. The molecule has 0 aromatic carbocycles. The first-order valence-corrected chi connectivity index (χ1v) is 13.7. The van der Waals surface area contributed by atoms with Crippen molar-refractivity contribution >= 4 is 40.8 Å². The molecule has 4 bridgehead atoms. The summed E-state index contributed by atoms with van der Waals surface area (Å²) in [7, 11) is 0. The van der Waals surface area contributed by atoms with Gasteiger partial charge in [0.1, 0.15) is 11.6 Å². The Hall–Kier alpha value is -1.68. The molecule has 1 amide bonds. The van der Waals surface area contributed by atoms with Crippen molar-refractivity contribution in [3.05, 3.63) is 5.82 Å². The molecule has 1 heterocycles. The Kier molecular flexibility index (Phi) is 8.65. The number of ketones is 1. The van der Waals surface area contributed by atoms with Crippen molar-refractivity contribution in [1.29, 1.82) is 0 Å². The summed E-state index contributed by atoms with van der Waals surface area (Å²) in [5.41, 5.74) is 7.85. The van der Waals surface area contributed by atoms with Gasteiger partial charge >= 0.3 is 0 Å². The Morgan fingerprint density at radius 3 is 2.06 bits per heavy atom. The predicted molar refractivity (Wildman–Crippen MR) is 139 cm³/mol. The van der Waals surface area contributed by atoms with Crippen molar-refractivity contribution in [3.63, 3.8) is 0 Å². The number of nitrogens with one attached hydrogen (secondary N) is 1. The molecule has 4 saturated carbocycles. The average Bonchev–Trinajstić information content (AvgIpc) is 3.09. The van der Waals surface area contributed by atoms with Crippen molar-refractivity contribution in [2.75, 3.05) is 5.75 Å². The number of hydrogen-bond donors (Lipinski definition) is 2. The number of carbonyl (C=O) groups excluding carboxylic acids is 2. The molecule has 5 rings (SSSR count). The number of aryl methyl sites for hydroxylation is 1. The van der Waals surface area contributed by atoms with Crippen LogP contribution in [-0.2, 0) is 9.59 Å². The summed E-state index contributed by atoms with van der Waals surface area (Å²) >= 11 is 6.29. The van der Waals surface area contributed by atoms with Gasteiger partial charge in [0.2, 0.25) is 5.91 Å². The number of thioether (sulfide) groups is 1. The van der Waals surface area contributed by atoms with Crippen molar-refractivity contribution in [1.82, 2.24) is 25.2 Å². The van der Waals surface area contributed by atoms with E-state index in [1.54, 1.807) is 11.8 Å². The molecular weight excluding hydrogens is 468 g/mol. The summed E-state index contributed by atoms with van der Waals surface area (Å²) in [5, 5.41) is 11.0. The lowest BCUT2D eigenvalue weighted by Gasteiger charge is -2.56. The molecule has 1 aromatic rings. The summed E-state index contributed by atoms with van der Waals surface area (Å²) < 4.78 is 2.14. The van der Waals surface area contributed by atoms with Gasteiger partial charge in [0, 0.05) is 24.4 Å². The zero-order valence-electron chi connectivity index (χ0n) is 21.3. The lowest BCUT2D eigenvalue weighted by Crippen LogP contribution is -2.51. The van der Waals surface area contributed by atoms with Gasteiger partial charge in [-0.2, -0.15) is 0 Å².